The predicted octanol–water partition coefficient (Wildman–Crippen LogP) is 3.73. The normalized spacial score (nSPS) is 28.4. The maximum Gasteiger partial charge on any atom is 0.242 e. The number of sulfone groups is 1. The highest BCUT2D eigenvalue weighted by Gasteiger charge is 2.62. The summed E-state index contributed by atoms with van der Waals surface area (Å²) in [6.07, 6.45) is 8.23. The van der Waals surface area contributed by atoms with Crippen LogP contribution in [0.15, 0.2) is 29.2 Å². The molecule has 3 fully saturated rings. The molecule has 4 nitrogen and oxygen atoms in total. The fourth-order valence-corrected chi connectivity index (χ4v) is 6.35. The molecule has 4 rings (SSSR count). The van der Waals surface area contributed by atoms with Gasteiger partial charge in [0.2, 0.25) is 5.91 Å². The van der Waals surface area contributed by atoms with E-state index in [0.29, 0.717) is 29.7 Å². The average Bonchev–Trinajstić information content (AvgIpc) is 3.50. The van der Waals surface area contributed by atoms with Gasteiger partial charge in [-0.05, 0) is 55.4 Å². The summed E-state index contributed by atoms with van der Waals surface area (Å²) in [5.41, 5.74) is 0. The number of benzene rings is 1. The molecule has 3 saturated carbocycles. The zero-order valence-electron chi connectivity index (χ0n) is 14.2. The van der Waals surface area contributed by atoms with Gasteiger partial charge in [0.1, 0.15) is 0 Å². The van der Waals surface area contributed by atoms with E-state index >= 15 is 0 Å². The van der Waals surface area contributed by atoms with Gasteiger partial charge in [0.15, 0.2) is 14.6 Å². The van der Waals surface area contributed by atoms with E-state index in [-0.39, 0.29) is 16.8 Å². The molecule has 0 spiro atoms. The minimum Gasteiger partial charge on any atom is -0.352 e. The SMILES string of the molecule is O=C(N[C@@H]1C[C@H]1C1CCCCC1)C1(S(=O)(=O)c2ccc(Cl)cc2)CC1. The monoisotopic (exact) mass is 381 g/mol. The van der Waals surface area contributed by atoms with Crippen molar-refractivity contribution < 1.29 is 13.2 Å². The topological polar surface area (TPSA) is 63.2 Å². The number of hydrogen-bond acceptors (Lipinski definition) is 3. The number of amides is 1. The van der Waals surface area contributed by atoms with Crippen LogP contribution in [0, 0.1) is 11.8 Å². The summed E-state index contributed by atoms with van der Waals surface area (Å²) < 4.78 is 24.6. The largest absolute Gasteiger partial charge is 0.352 e. The Morgan fingerprint density at radius 3 is 2.32 bits per heavy atom. The van der Waals surface area contributed by atoms with Gasteiger partial charge in [-0.3, -0.25) is 4.79 Å². The van der Waals surface area contributed by atoms with E-state index in [1.54, 1.807) is 12.1 Å². The molecule has 136 valence electrons. The summed E-state index contributed by atoms with van der Waals surface area (Å²) in [5.74, 6) is 0.964. The first kappa shape index (κ1) is 17.3. The minimum absolute atomic E-state index is 0.175. The van der Waals surface area contributed by atoms with Crippen LogP contribution in [0.25, 0.3) is 0 Å². The van der Waals surface area contributed by atoms with Crippen molar-refractivity contribution in [3.63, 3.8) is 0 Å². The lowest BCUT2D eigenvalue weighted by Crippen LogP contribution is -2.43. The first-order chi connectivity index (χ1) is 11.9. The molecule has 25 heavy (non-hydrogen) atoms. The van der Waals surface area contributed by atoms with Crippen molar-refractivity contribution in [2.75, 3.05) is 0 Å². The molecule has 1 aromatic rings. The Morgan fingerprint density at radius 1 is 1.08 bits per heavy atom. The van der Waals surface area contributed by atoms with Crippen LogP contribution in [0.3, 0.4) is 0 Å². The van der Waals surface area contributed by atoms with Crippen LogP contribution in [0.1, 0.15) is 51.4 Å². The molecular weight excluding hydrogens is 358 g/mol. The molecule has 0 aromatic heterocycles. The van der Waals surface area contributed by atoms with Gasteiger partial charge < -0.3 is 5.32 Å². The van der Waals surface area contributed by atoms with E-state index in [4.69, 9.17) is 11.6 Å². The Labute approximate surface area is 154 Å². The Balaban J connectivity index is 1.44. The number of halogens is 1. The summed E-state index contributed by atoms with van der Waals surface area (Å²) >= 11 is 5.85. The van der Waals surface area contributed by atoms with Gasteiger partial charge in [-0.1, -0.05) is 43.7 Å². The highest BCUT2D eigenvalue weighted by atomic mass is 35.5. The summed E-state index contributed by atoms with van der Waals surface area (Å²) in [6, 6.07) is 6.28. The first-order valence-corrected chi connectivity index (χ1v) is 11.1. The quantitative estimate of drug-likeness (QED) is 0.845. The molecule has 1 aromatic carbocycles. The van der Waals surface area contributed by atoms with Crippen LogP contribution in [0.5, 0.6) is 0 Å². The number of hydrogen-bond donors (Lipinski definition) is 1. The standard InChI is InChI=1S/C19H24ClNO3S/c20-14-6-8-15(9-7-14)25(23,24)19(10-11-19)18(22)21-17-12-16(17)13-4-2-1-3-5-13/h6-9,13,16-17H,1-5,10-12H2,(H,21,22)/t16-,17+/m0/s1. The predicted molar refractivity (Wildman–Crippen MR) is 97.2 cm³/mol. The van der Waals surface area contributed by atoms with Gasteiger partial charge in [0, 0.05) is 11.1 Å². The van der Waals surface area contributed by atoms with Crippen molar-refractivity contribution in [2.24, 2.45) is 11.8 Å². The van der Waals surface area contributed by atoms with E-state index < -0.39 is 14.6 Å². The van der Waals surface area contributed by atoms with Crippen LogP contribution in [0.4, 0.5) is 0 Å². The third kappa shape index (κ3) is 3.10. The molecule has 3 aliphatic rings. The van der Waals surface area contributed by atoms with Gasteiger partial charge in [0.25, 0.3) is 0 Å². The van der Waals surface area contributed by atoms with Gasteiger partial charge in [0.05, 0.1) is 4.90 Å². The Morgan fingerprint density at radius 2 is 1.72 bits per heavy atom. The Kier molecular flexibility index (Phi) is 4.35. The van der Waals surface area contributed by atoms with Gasteiger partial charge in [-0.25, -0.2) is 8.42 Å². The van der Waals surface area contributed by atoms with Crippen LogP contribution in [0.2, 0.25) is 5.02 Å². The van der Waals surface area contributed by atoms with Crippen molar-refractivity contribution >= 4 is 27.3 Å². The van der Waals surface area contributed by atoms with Gasteiger partial charge in [-0.2, -0.15) is 0 Å². The van der Waals surface area contributed by atoms with Crippen LogP contribution >= 0.6 is 11.6 Å². The summed E-state index contributed by atoms with van der Waals surface area (Å²) in [4.78, 5) is 13.0. The molecule has 2 atom stereocenters. The van der Waals surface area contributed by atoms with E-state index in [2.05, 4.69) is 5.32 Å². The summed E-state index contributed by atoms with van der Waals surface area (Å²) in [5, 5.41) is 3.53. The van der Waals surface area contributed by atoms with Crippen LogP contribution in [-0.4, -0.2) is 25.1 Å². The van der Waals surface area contributed by atoms with E-state index in [0.717, 1.165) is 6.42 Å². The average molecular weight is 382 g/mol. The number of nitrogens with one attached hydrogen (secondary N) is 1. The van der Waals surface area contributed by atoms with Gasteiger partial charge in [-0.15, -0.1) is 0 Å². The lowest BCUT2D eigenvalue weighted by atomic mass is 9.85. The second-order valence-corrected chi connectivity index (χ2v) is 10.5. The molecule has 3 aliphatic carbocycles. The second-order valence-electron chi connectivity index (χ2n) is 7.83. The van der Waals surface area contributed by atoms with E-state index in [1.165, 1.54) is 44.2 Å². The van der Waals surface area contributed by atoms with Gasteiger partial charge >= 0.3 is 0 Å². The van der Waals surface area contributed by atoms with Crippen molar-refractivity contribution in [1.82, 2.24) is 5.32 Å². The van der Waals surface area contributed by atoms with Crippen molar-refractivity contribution in [3.05, 3.63) is 29.3 Å². The molecule has 0 saturated heterocycles. The molecule has 1 N–H and O–H groups in total. The molecule has 0 unspecified atom stereocenters. The first-order valence-electron chi connectivity index (χ1n) is 9.25. The molecule has 6 heteroatoms. The minimum atomic E-state index is -3.67. The maximum absolute atomic E-state index is 13.0. The molecule has 0 aliphatic heterocycles. The molecule has 1 amide bonds. The molecule has 0 radical (unpaired) electrons. The van der Waals surface area contributed by atoms with Crippen molar-refractivity contribution in [2.45, 2.75) is 67.1 Å². The second kappa shape index (κ2) is 6.27. The lowest BCUT2D eigenvalue weighted by molar-refractivity contribution is -0.121. The number of carbonyl (C=O) groups excluding carboxylic acids is 1. The fourth-order valence-electron chi connectivity index (χ4n) is 4.33. The Bertz CT molecular complexity index is 764. The van der Waals surface area contributed by atoms with E-state index in [1.807, 2.05) is 0 Å². The molecular formula is C19H24ClNO3S. The van der Waals surface area contributed by atoms with Crippen LogP contribution < -0.4 is 5.32 Å². The Hall–Kier alpha value is -1.07. The third-order valence-electron chi connectivity index (χ3n) is 6.17. The highest BCUT2D eigenvalue weighted by Crippen LogP contribution is 2.49. The maximum atomic E-state index is 13.0. The molecule has 0 bridgehead atoms. The molecule has 0 heterocycles. The van der Waals surface area contributed by atoms with E-state index in [9.17, 15) is 13.2 Å². The summed E-state index contributed by atoms with van der Waals surface area (Å²) in [7, 11) is -3.67. The lowest BCUT2D eigenvalue weighted by Gasteiger charge is -2.22. The fraction of sp³-hybridized carbons (Fsp3) is 0.632. The number of rotatable bonds is 5. The zero-order chi connectivity index (χ0) is 17.7. The van der Waals surface area contributed by atoms with Crippen molar-refractivity contribution in [3.8, 4) is 0 Å². The number of carbonyl (C=O) groups is 1. The van der Waals surface area contributed by atoms with Crippen LogP contribution in [-0.2, 0) is 14.6 Å². The smallest absolute Gasteiger partial charge is 0.242 e. The third-order valence-corrected chi connectivity index (χ3v) is 8.94. The zero-order valence-corrected chi connectivity index (χ0v) is 15.8. The highest BCUT2D eigenvalue weighted by molar-refractivity contribution is 7.94. The van der Waals surface area contributed by atoms with Crippen molar-refractivity contribution in [1.29, 1.82) is 0 Å². The summed E-state index contributed by atoms with van der Waals surface area (Å²) in [6.45, 7) is 0.